The van der Waals surface area contributed by atoms with Crippen LogP contribution in [0.25, 0.3) is 10.2 Å². The van der Waals surface area contributed by atoms with Crippen LogP contribution in [0.3, 0.4) is 0 Å². The van der Waals surface area contributed by atoms with E-state index >= 15 is 0 Å². The van der Waals surface area contributed by atoms with Crippen LogP contribution in [-0.4, -0.2) is 30.0 Å². The summed E-state index contributed by atoms with van der Waals surface area (Å²) in [5, 5.41) is 1.64. The number of hydrogen-bond acceptors (Lipinski definition) is 4. The van der Waals surface area contributed by atoms with Gasteiger partial charge in [-0.3, -0.25) is 10.1 Å². The largest absolute Gasteiger partial charge is 0.458 e. The molecule has 108 valence electrons. The third-order valence-electron chi connectivity index (χ3n) is 2.45. The monoisotopic (exact) mass is 308 g/mol. The van der Waals surface area contributed by atoms with Gasteiger partial charge in [0.15, 0.2) is 5.13 Å². The number of aromatic nitrogens is 1. The lowest BCUT2D eigenvalue weighted by Crippen LogP contribution is -2.52. The summed E-state index contributed by atoms with van der Waals surface area (Å²) >= 11 is 0.930. The van der Waals surface area contributed by atoms with Gasteiger partial charge in [-0.15, -0.1) is 0 Å². The first-order valence-corrected chi connectivity index (χ1v) is 6.07. The van der Waals surface area contributed by atoms with Crippen molar-refractivity contribution < 1.29 is 27.1 Å². The van der Waals surface area contributed by atoms with E-state index in [1.54, 1.807) is 29.6 Å². The minimum Gasteiger partial charge on any atom is -0.335 e. The first-order chi connectivity index (χ1) is 9.28. The van der Waals surface area contributed by atoms with Gasteiger partial charge in [0.05, 0.1) is 10.2 Å². The van der Waals surface area contributed by atoms with Gasteiger partial charge in [-0.25, -0.2) is 4.98 Å². The fourth-order valence-electron chi connectivity index (χ4n) is 1.44. The fourth-order valence-corrected chi connectivity index (χ4v) is 2.30. The van der Waals surface area contributed by atoms with E-state index in [1.807, 2.05) is 0 Å². The molecular formula is C11H8F4N2O2S. The number of fused-ring (bicyclic) bond motifs is 1. The zero-order valence-electron chi connectivity index (χ0n) is 9.99. The van der Waals surface area contributed by atoms with Crippen molar-refractivity contribution in [1.29, 1.82) is 0 Å². The number of ether oxygens (including phenoxy) is 1. The summed E-state index contributed by atoms with van der Waals surface area (Å²) in [5.41, 5.74) is 0.488. The van der Waals surface area contributed by atoms with Gasteiger partial charge in [0.25, 0.3) is 0 Å². The zero-order valence-corrected chi connectivity index (χ0v) is 10.8. The molecule has 0 spiro atoms. The molecule has 1 atom stereocenters. The Hall–Kier alpha value is -1.74. The number of nitrogens with zero attached hydrogens (tertiary/aromatic N) is 1. The van der Waals surface area contributed by atoms with Crippen LogP contribution in [0.4, 0.5) is 22.7 Å². The van der Waals surface area contributed by atoms with Crippen molar-refractivity contribution in [2.24, 2.45) is 0 Å². The molecule has 2 rings (SSSR count). The van der Waals surface area contributed by atoms with Crippen LogP contribution < -0.4 is 5.32 Å². The number of halogens is 4. The highest BCUT2D eigenvalue weighted by atomic mass is 32.1. The predicted octanol–water partition coefficient (Wildman–Crippen LogP) is 3.11. The Morgan fingerprint density at radius 3 is 2.50 bits per heavy atom. The second-order valence-corrected chi connectivity index (χ2v) is 4.77. The summed E-state index contributed by atoms with van der Waals surface area (Å²) in [4.78, 5) is 15.3. The SMILES string of the molecule is CO[C@](F)(C(=O)Nc1nc2ccccc2s1)C(F)(F)F. The van der Waals surface area contributed by atoms with Gasteiger partial charge in [-0.2, -0.15) is 17.6 Å². The molecule has 0 aliphatic carbocycles. The maximum absolute atomic E-state index is 13.6. The van der Waals surface area contributed by atoms with E-state index in [0.29, 0.717) is 17.3 Å². The van der Waals surface area contributed by atoms with Gasteiger partial charge in [0.2, 0.25) is 0 Å². The second kappa shape index (κ2) is 4.98. The van der Waals surface area contributed by atoms with Crippen molar-refractivity contribution in [3.8, 4) is 0 Å². The molecule has 1 N–H and O–H groups in total. The molecule has 2 aromatic rings. The number of hydrogen-bond donors (Lipinski definition) is 1. The number of anilines is 1. The van der Waals surface area contributed by atoms with Crippen molar-refractivity contribution in [3.05, 3.63) is 24.3 Å². The molecular weight excluding hydrogens is 300 g/mol. The number of alkyl halides is 4. The molecule has 1 amide bonds. The molecule has 20 heavy (non-hydrogen) atoms. The summed E-state index contributed by atoms with van der Waals surface area (Å²) in [6.07, 6.45) is -5.48. The van der Waals surface area contributed by atoms with Gasteiger partial charge in [-0.1, -0.05) is 23.5 Å². The number of thiazole rings is 1. The lowest BCUT2D eigenvalue weighted by atomic mass is 10.3. The molecule has 1 aromatic carbocycles. The number of nitrogens with one attached hydrogen (secondary N) is 1. The van der Waals surface area contributed by atoms with Gasteiger partial charge in [0, 0.05) is 7.11 Å². The molecule has 0 unspecified atom stereocenters. The summed E-state index contributed by atoms with van der Waals surface area (Å²) in [7, 11) is 0.464. The Bertz CT molecular complexity index is 610. The van der Waals surface area contributed by atoms with Crippen LogP contribution in [0, 0.1) is 0 Å². The lowest BCUT2D eigenvalue weighted by Gasteiger charge is -2.24. The average molecular weight is 308 g/mol. The molecule has 0 saturated carbocycles. The summed E-state index contributed by atoms with van der Waals surface area (Å²) in [6, 6.07) is 6.67. The molecule has 4 nitrogen and oxygen atoms in total. The molecule has 0 fully saturated rings. The normalized spacial score (nSPS) is 15.1. The van der Waals surface area contributed by atoms with Crippen LogP contribution >= 0.6 is 11.3 Å². The first kappa shape index (κ1) is 14.7. The number of carbonyl (C=O) groups is 1. The van der Waals surface area contributed by atoms with Crippen LogP contribution in [-0.2, 0) is 9.53 Å². The van der Waals surface area contributed by atoms with Gasteiger partial charge >= 0.3 is 17.9 Å². The van der Waals surface area contributed by atoms with Crippen molar-refractivity contribution in [2.45, 2.75) is 12.0 Å². The topological polar surface area (TPSA) is 51.2 Å². The number of para-hydroxylation sites is 1. The average Bonchev–Trinajstić information content (AvgIpc) is 2.78. The third-order valence-corrected chi connectivity index (χ3v) is 3.40. The Kier molecular flexibility index (Phi) is 3.65. The zero-order chi connectivity index (χ0) is 15.0. The summed E-state index contributed by atoms with van der Waals surface area (Å²) in [5.74, 6) is -6.38. The molecule has 1 heterocycles. The van der Waals surface area contributed by atoms with E-state index < -0.39 is 17.9 Å². The second-order valence-electron chi connectivity index (χ2n) is 3.74. The molecule has 0 aliphatic heterocycles. The van der Waals surface area contributed by atoms with Gasteiger partial charge in [0.1, 0.15) is 0 Å². The smallest absolute Gasteiger partial charge is 0.335 e. The Labute approximate surface area is 114 Å². The Balaban J connectivity index is 2.26. The third kappa shape index (κ3) is 2.46. The fraction of sp³-hybridized carbons (Fsp3) is 0.273. The molecule has 0 bridgehead atoms. The minimum atomic E-state index is -5.48. The van der Waals surface area contributed by atoms with E-state index in [1.165, 1.54) is 0 Å². The first-order valence-electron chi connectivity index (χ1n) is 5.26. The van der Waals surface area contributed by atoms with Crippen LogP contribution in [0.2, 0.25) is 0 Å². The van der Waals surface area contributed by atoms with E-state index in [-0.39, 0.29) is 5.13 Å². The highest BCUT2D eigenvalue weighted by molar-refractivity contribution is 7.22. The van der Waals surface area contributed by atoms with E-state index in [0.717, 1.165) is 11.3 Å². The molecule has 0 radical (unpaired) electrons. The summed E-state index contributed by atoms with van der Waals surface area (Å²) in [6.45, 7) is 0. The highest BCUT2D eigenvalue weighted by Gasteiger charge is 2.63. The van der Waals surface area contributed by atoms with Crippen LogP contribution in [0.15, 0.2) is 24.3 Å². The number of methoxy groups -OCH3 is 1. The number of benzene rings is 1. The predicted molar refractivity (Wildman–Crippen MR) is 65.2 cm³/mol. The van der Waals surface area contributed by atoms with E-state index in [4.69, 9.17) is 0 Å². The minimum absolute atomic E-state index is 0.139. The summed E-state index contributed by atoms with van der Waals surface area (Å²) < 4.78 is 55.4. The maximum Gasteiger partial charge on any atom is 0.458 e. The lowest BCUT2D eigenvalue weighted by molar-refractivity contribution is -0.305. The molecule has 0 aliphatic rings. The van der Waals surface area contributed by atoms with Crippen molar-refractivity contribution in [1.82, 2.24) is 4.98 Å². The van der Waals surface area contributed by atoms with E-state index in [2.05, 4.69) is 9.72 Å². The Morgan fingerprint density at radius 2 is 1.95 bits per heavy atom. The van der Waals surface area contributed by atoms with Gasteiger partial charge in [-0.05, 0) is 12.1 Å². The van der Waals surface area contributed by atoms with Crippen LogP contribution in [0.1, 0.15) is 0 Å². The van der Waals surface area contributed by atoms with Crippen molar-refractivity contribution in [2.75, 3.05) is 12.4 Å². The van der Waals surface area contributed by atoms with Crippen molar-refractivity contribution in [3.63, 3.8) is 0 Å². The van der Waals surface area contributed by atoms with E-state index in [9.17, 15) is 22.4 Å². The standard InChI is InChI=1S/C11H8F4N2O2S/c1-19-10(12,11(13,14)15)8(18)17-9-16-6-4-2-3-5-7(6)20-9/h2-5H,1H3,(H,16,17,18)/t10-/m1/s1. The number of amides is 1. The number of rotatable bonds is 3. The molecule has 1 aromatic heterocycles. The Morgan fingerprint density at radius 1 is 1.30 bits per heavy atom. The maximum atomic E-state index is 13.6. The highest BCUT2D eigenvalue weighted by Crippen LogP contribution is 2.36. The van der Waals surface area contributed by atoms with Crippen molar-refractivity contribution >= 4 is 32.6 Å². The number of carbonyl (C=O) groups excluding carboxylic acids is 1. The molecule has 0 saturated heterocycles. The molecule has 9 heteroatoms. The van der Waals surface area contributed by atoms with Gasteiger partial charge < -0.3 is 4.74 Å². The quantitative estimate of drug-likeness (QED) is 0.886. The van der Waals surface area contributed by atoms with Crippen LogP contribution in [0.5, 0.6) is 0 Å².